The average molecular weight is 256 g/mol. The van der Waals surface area contributed by atoms with Gasteiger partial charge in [0.15, 0.2) is 5.84 Å². The SMILES string of the molecule is FC(F)(F)N1CNN=C1C(Cl)(Cl)Cl. The molecule has 0 aromatic heterocycles. The summed E-state index contributed by atoms with van der Waals surface area (Å²) in [6, 6.07) is 0. The smallest absolute Gasteiger partial charge is 0.288 e. The lowest BCUT2D eigenvalue weighted by Crippen LogP contribution is -2.46. The first kappa shape index (κ1) is 11.0. The van der Waals surface area contributed by atoms with Crippen molar-refractivity contribution in [2.24, 2.45) is 5.10 Å². The number of nitrogens with one attached hydrogen (secondary N) is 1. The Bertz CT molecular complexity index is 233. The van der Waals surface area contributed by atoms with Gasteiger partial charge in [0, 0.05) is 0 Å². The van der Waals surface area contributed by atoms with Gasteiger partial charge in [-0.2, -0.15) is 5.10 Å². The fourth-order valence-electron chi connectivity index (χ4n) is 0.742. The molecule has 13 heavy (non-hydrogen) atoms. The molecule has 1 N–H and O–H groups in total. The van der Waals surface area contributed by atoms with Crippen molar-refractivity contribution in [1.82, 2.24) is 10.3 Å². The highest BCUT2D eigenvalue weighted by molar-refractivity contribution is 6.76. The van der Waals surface area contributed by atoms with E-state index in [1.165, 1.54) is 0 Å². The Labute approximate surface area is 86.4 Å². The predicted octanol–water partition coefficient (Wildman–Crippen LogP) is 2.05. The lowest BCUT2D eigenvalue weighted by atomic mass is 10.6. The summed E-state index contributed by atoms with van der Waals surface area (Å²) in [4.78, 5) is -0.0833. The number of alkyl halides is 6. The van der Waals surface area contributed by atoms with E-state index in [0.717, 1.165) is 0 Å². The van der Waals surface area contributed by atoms with E-state index in [4.69, 9.17) is 34.8 Å². The Morgan fingerprint density at radius 2 is 1.85 bits per heavy atom. The molecule has 0 saturated heterocycles. The molecule has 0 bridgehead atoms. The Morgan fingerprint density at radius 3 is 2.15 bits per heavy atom. The van der Waals surface area contributed by atoms with Crippen LogP contribution in [0, 0.1) is 0 Å². The zero-order valence-electron chi connectivity index (χ0n) is 5.87. The number of halogens is 6. The third-order valence-electron chi connectivity index (χ3n) is 1.23. The summed E-state index contributed by atoms with van der Waals surface area (Å²) in [6.07, 6.45) is -4.60. The molecule has 9 heteroatoms. The van der Waals surface area contributed by atoms with Gasteiger partial charge < -0.3 is 0 Å². The molecule has 3 nitrogen and oxygen atoms in total. The van der Waals surface area contributed by atoms with Crippen molar-refractivity contribution in [2.75, 3.05) is 6.67 Å². The molecule has 0 atom stereocenters. The van der Waals surface area contributed by atoms with Crippen LogP contribution in [0.15, 0.2) is 5.10 Å². The van der Waals surface area contributed by atoms with E-state index in [1.54, 1.807) is 0 Å². The molecule has 0 spiro atoms. The zero-order chi connectivity index (χ0) is 10.3. The quantitative estimate of drug-likeness (QED) is 0.531. The van der Waals surface area contributed by atoms with Gasteiger partial charge in [-0.05, 0) is 0 Å². The summed E-state index contributed by atoms with van der Waals surface area (Å²) in [5.74, 6) is -0.676. The van der Waals surface area contributed by atoms with Gasteiger partial charge in [-0.3, -0.25) is 5.43 Å². The maximum atomic E-state index is 12.2. The summed E-state index contributed by atoms with van der Waals surface area (Å²) < 4.78 is 34.3. The van der Waals surface area contributed by atoms with Gasteiger partial charge in [0.1, 0.15) is 6.67 Å². The van der Waals surface area contributed by atoms with Gasteiger partial charge in [0.2, 0.25) is 3.79 Å². The van der Waals surface area contributed by atoms with E-state index in [2.05, 4.69) is 10.5 Å². The van der Waals surface area contributed by atoms with Crippen molar-refractivity contribution in [3.8, 4) is 0 Å². The molecular formula is C4H3Cl3F3N3. The molecule has 0 saturated carbocycles. The highest BCUT2D eigenvalue weighted by Crippen LogP contribution is 2.35. The summed E-state index contributed by atoms with van der Waals surface area (Å²) in [6.45, 7) is -0.549. The van der Waals surface area contributed by atoms with E-state index in [0.29, 0.717) is 0 Å². The van der Waals surface area contributed by atoms with E-state index in [9.17, 15) is 13.2 Å². The Hall–Kier alpha value is -0.0700. The number of hydrogen-bond donors (Lipinski definition) is 1. The van der Waals surface area contributed by atoms with Crippen LogP contribution in [0.5, 0.6) is 0 Å². The first-order valence-corrected chi connectivity index (χ1v) is 4.08. The fraction of sp³-hybridized carbons (Fsp3) is 0.750. The average Bonchev–Trinajstić information content (AvgIpc) is 2.27. The molecule has 0 radical (unpaired) electrons. The maximum Gasteiger partial charge on any atom is 0.487 e. The number of rotatable bonds is 0. The third kappa shape index (κ3) is 2.45. The fourth-order valence-corrected chi connectivity index (χ4v) is 1.18. The highest BCUT2D eigenvalue weighted by Gasteiger charge is 2.48. The first-order chi connectivity index (χ1) is 5.73. The van der Waals surface area contributed by atoms with Crippen LogP contribution in [0.3, 0.4) is 0 Å². The molecule has 0 amide bonds. The van der Waals surface area contributed by atoms with Gasteiger partial charge in [0.25, 0.3) is 0 Å². The Kier molecular flexibility index (Phi) is 2.75. The first-order valence-electron chi connectivity index (χ1n) is 2.95. The molecule has 1 aliphatic rings. The number of nitrogens with zero attached hydrogens (tertiary/aromatic N) is 2. The molecule has 0 fully saturated rings. The van der Waals surface area contributed by atoms with E-state index < -0.39 is 22.6 Å². The van der Waals surface area contributed by atoms with E-state index in [-0.39, 0.29) is 4.90 Å². The molecule has 76 valence electrons. The Morgan fingerprint density at radius 1 is 1.31 bits per heavy atom. The molecule has 1 rings (SSSR count). The van der Waals surface area contributed by atoms with Gasteiger partial charge in [-0.1, -0.05) is 34.8 Å². The van der Waals surface area contributed by atoms with Crippen LogP contribution in [0.25, 0.3) is 0 Å². The van der Waals surface area contributed by atoms with Gasteiger partial charge in [-0.25, -0.2) is 4.90 Å². The summed E-state index contributed by atoms with van der Waals surface area (Å²) in [7, 11) is 0. The maximum absolute atomic E-state index is 12.2. The van der Waals surface area contributed by atoms with Gasteiger partial charge >= 0.3 is 6.30 Å². The van der Waals surface area contributed by atoms with Crippen molar-refractivity contribution in [1.29, 1.82) is 0 Å². The van der Waals surface area contributed by atoms with Crippen LogP contribution in [-0.4, -0.2) is 27.5 Å². The highest BCUT2D eigenvalue weighted by atomic mass is 35.6. The monoisotopic (exact) mass is 255 g/mol. The second kappa shape index (κ2) is 3.25. The summed E-state index contributed by atoms with van der Waals surface area (Å²) >= 11 is 15.8. The van der Waals surface area contributed by atoms with Crippen molar-refractivity contribution >= 4 is 40.6 Å². The van der Waals surface area contributed by atoms with Crippen molar-refractivity contribution < 1.29 is 13.2 Å². The topological polar surface area (TPSA) is 27.6 Å². The summed E-state index contributed by atoms with van der Waals surface area (Å²) in [5, 5.41) is 3.23. The molecule has 1 aliphatic heterocycles. The van der Waals surface area contributed by atoms with Crippen LogP contribution < -0.4 is 5.43 Å². The predicted molar refractivity (Wildman–Crippen MR) is 43.6 cm³/mol. The van der Waals surface area contributed by atoms with Crippen molar-refractivity contribution in [2.45, 2.75) is 10.1 Å². The molecule has 0 aliphatic carbocycles. The van der Waals surface area contributed by atoms with Crippen LogP contribution >= 0.6 is 34.8 Å². The molecule has 0 unspecified atom stereocenters. The van der Waals surface area contributed by atoms with E-state index >= 15 is 0 Å². The number of amidine groups is 1. The third-order valence-corrected chi connectivity index (χ3v) is 1.74. The lowest BCUT2D eigenvalue weighted by Gasteiger charge is -2.24. The molecule has 1 heterocycles. The zero-order valence-corrected chi connectivity index (χ0v) is 8.14. The number of hydrazone groups is 1. The van der Waals surface area contributed by atoms with E-state index in [1.807, 2.05) is 0 Å². The van der Waals surface area contributed by atoms with Crippen LogP contribution in [0.1, 0.15) is 0 Å². The van der Waals surface area contributed by atoms with Crippen LogP contribution in [0.4, 0.5) is 13.2 Å². The molecule has 0 aromatic rings. The minimum atomic E-state index is -4.60. The molecule has 0 aromatic carbocycles. The van der Waals surface area contributed by atoms with Crippen LogP contribution in [-0.2, 0) is 0 Å². The second-order valence-corrected chi connectivity index (χ2v) is 4.43. The normalized spacial score (nSPS) is 18.6. The van der Waals surface area contributed by atoms with Crippen molar-refractivity contribution in [3.63, 3.8) is 0 Å². The number of hydrogen-bond acceptors (Lipinski definition) is 3. The lowest BCUT2D eigenvalue weighted by molar-refractivity contribution is -0.216. The standard InChI is InChI=1S/C4H3Cl3F3N3/c5-3(6,7)2-12-11-1-13(2)4(8,9)10/h11H,1H2. The minimum Gasteiger partial charge on any atom is -0.288 e. The van der Waals surface area contributed by atoms with Gasteiger partial charge in [-0.15, -0.1) is 13.2 Å². The second-order valence-electron chi connectivity index (χ2n) is 2.15. The minimum absolute atomic E-state index is 0.0833. The van der Waals surface area contributed by atoms with Crippen molar-refractivity contribution in [3.05, 3.63) is 0 Å². The Balaban J connectivity index is 2.87. The summed E-state index contributed by atoms with van der Waals surface area (Å²) in [5.41, 5.74) is 2.08. The van der Waals surface area contributed by atoms with Gasteiger partial charge in [0.05, 0.1) is 0 Å². The molecular weight excluding hydrogens is 253 g/mol. The van der Waals surface area contributed by atoms with Crippen LogP contribution in [0.2, 0.25) is 0 Å². The largest absolute Gasteiger partial charge is 0.487 e.